The molecule has 3 heteroatoms. The Kier molecular flexibility index (Phi) is 8.07. The third-order valence-corrected chi connectivity index (χ3v) is 2.67. The van der Waals surface area contributed by atoms with Gasteiger partial charge in [0, 0.05) is 7.11 Å². The number of carbonyl (C=O) groups is 1. The molecule has 1 aromatic rings. The topological polar surface area (TPSA) is 57.5 Å². The Morgan fingerprint density at radius 1 is 1.24 bits per heavy atom. The van der Waals surface area contributed by atoms with Crippen molar-refractivity contribution >= 4 is 5.97 Å². The predicted molar refractivity (Wildman–Crippen MR) is 69.2 cm³/mol. The highest BCUT2D eigenvalue weighted by atomic mass is 16.4. The molecule has 0 aliphatic heterocycles. The first-order chi connectivity index (χ1) is 8.15. The number of aliphatic hydroxyl groups excluding tert-OH is 1. The quantitative estimate of drug-likeness (QED) is 0.829. The maximum Gasteiger partial charge on any atom is 0.310 e. The number of rotatable bonds is 5. The molecule has 0 saturated carbocycles. The van der Waals surface area contributed by atoms with E-state index in [-0.39, 0.29) is 0 Å². The predicted octanol–water partition coefficient (Wildman–Crippen LogP) is 2.83. The Hall–Kier alpha value is -1.35. The van der Waals surface area contributed by atoms with Gasteiger partial charge in [0.05, 0.1) is 5.92 Å². The van der Waals surface area contributed by atoms with Crippen molar-refractivity contribution in [1.29, 1.82) is 0 Å². The maximum absolute atomic E-state index is 10.8. The standard InChI is InChI=1S/C13H18O2.CH4O/c1-3-4-5-11-6-8-12(9-7-11)10(2)13(14)15;1-2/h6-10H,3-5H2,1-2H3,(H,14,15);2H,1H3. The first kappa shape index (κ1) is 15.7. The minimum Gasteiger partial charge on any atom is -0.481 e. The zero-order valence-corrected chi connectivity index (χ0v) is 10.8. The first-order valence-corrected chi connectivity index (χ1v) is 5.91. The number of hydrogen-bond donors (Lipinski definition) is 2. The molecule has 1 unspecified atom stereocenters. The molecule has 0 amide bonds. The van der Waals surface area contributed by atoms with E-state index < -0.39 is 11.9 Å². The van der Waals surface area contributed by atoms with Gasteiger partial charge in [-0.15, -0.1) is 0 Å². The van der Waals surface area contributed by atoms with E-state index in [2.05, 4.69) is 6.92 Å². The lowest BCUT2D eigenvalue weighted by molar-refractivity contribution is -0.138. The molecular weight excluding hydrogens is 216 g/mol. The van der Waals surface area contributed by atoms with Gasteiger partial charge >= 0.3 is 5.97 Å². The van der Waals surface area contributed by atoms with Gasteiger partial charge < -0.3 is 10.2 Å². The molecule has 1 atom stereocenters. The van der Waals surface area contributed by atoms with Gasteiger partial charge in [0.15, 0.2) is 0 Å². The molecule has 0 bridgehead atoms. The highest BCUT2D eigenvalue weighted by Crippen LogP contribution is 2.16. The largest absolute Gasteiger partial charge is 0.481 e. The van der Waals surface area contributed by atoms with Crippen LogP contribution < -0.4 is 0 Å². The number of aliphatic hydroxyl groups is 1. The van der Waals surface area contributed by atoms with Crippen LogP contribution in [0.15, 0.2) is 24.3 Å². The van der Waals surface area contributed by atoms with Crippen molar-refractivity contribution in [3.8, 4) is 0 Å². The van der Waals surface area contributed by atoms with Crippen molar-refractivity contribution in [2.75, 3.05) is 7.11 Å². The van der Waals surface area contributed by atoms with Crippen LogP contribution in [0.5, 0.6) is 0 Å². The Morgan fingerprint density at radius 3 is 2.18 bits per heavy atom. The molecule has 0 saturated heterocycles. The van der Waals surface area contributed by atoms with Gasteiger partial charge in [-0.3, -0.25) is 4.79 Å². The van der Waals surface area contributed by atoms with Crippen LogP contribution in [0.1, 0.15) is 43.7 Å². The molecular formula is C14H22O3. The van der Waals surface area contributed by atoms with E-state index in [9.17, 15) is 4.79 Å². The second-order valence-electron chi connectivity index (χ2n) is 3.91. The molecule has 96 valence electrons. The van der Waals surface area contributed by atoms with Gasteiger partial charge in [0.25, 0.3) is 0 Å². The van der Waals surface area contributed by atoms with Gasteiger partial charge in [-0.05, 0) is 30.9 Å². The summed E-state index contributed by atoms with van der Waals surface area (Å²) in [5.41, 5.74) is 2.17. The second kappa shape index (κ2) is 8.76. The summed E-state index contributed by atoms with van der Waals surface area (Å²) >= 11 is 0. The Bertz CT molecular complexity index is 317. The van der Waals surface area contributed by atoms with Crippen molar-refractivity contribution in [2.24, 2.45) is 0 Å². The van der Waals surface area contributed by atoms with E-state index >= 15 is 0 Å². The van der Waals surface area contributed by atoms with Crippen molar-refractivity contribution < 1.29 is 15.0 Å². The number of hydrogen-bond acceptors (Lipinski definition) is 2. The fourth-order valence-electron chi connectivity index (χ4n) is 1.50. The molecule has 1 aromatic carbocycles. The number of carboxylic acids is 1. The summed E-state index contributed by atoms with van der Waals surface area (Å²) in [7, 11) is 1.00. The zero-order chi connectivity index (χ0) is 13.3. The van der Waals surface area contributed by atoms with Crippen LogP contribution in [0.3, 0.4) is 0 Å². The smallest absolute Gasteiger partial charge is 0.310 e. The van der Waals surface area contributed by atoms with Crippen LogP contribution in [-0.2, 0) is 11.2 Å². The van der Waals surface area contributed by atoms with Crippen molar-refractivity contribution in [2.45, 2.75) is 39.0 Å². The molecule has 0 radical (unpaired) electrons. The highest BCUT2D eigenvalue weighted by molar-refractivity contribution is 5.75. The maximum atomic E-state index is 10.8. The van der Waals surface area contributed by atoms with Crippen molar-refractivity contribution in [1.82, 2.24) is 0 Å². The van der Waals surface area contributed by atoms with Gasteiger partial charge in [0.1, 0.15) is 0 Å². The fraction of sp³-hybridized carbons (Fsp3) is 0.500. The molecule has 0 aliphatic rings. The molecule has 2 N–H and O–H groups in total. The van der Waals surface area contributed by atoms with Crippen LogP contribution in [0.4, 0.5) is 0 Å². The molecule has 0 heterocycles. The van der Waals surface area contributed by atoms with Crippen molar-refractivity contribution in [3.63, 3.8) is 0 Å². The lowest BCUT2D eigenvalue weighted by Crippen LogP contribution is -2.07. The van der Waals surface area contributed by atoms with Crippen LogP contribution in [0.25, 0.3) is 0 Å². The molecule has 17 heavy (non-hydrogen) atoms. The molecule has 1 rings (SSSR count). The summed E-state index contributed by atoms with van der Waals surface area (Å²) in [6.45, 7) is 3.88. The van der Waals surface area contributed by atoms with Crippen LogP contribution in [-0.4, -0.2) is 23.3 Å². The van der Waals surface area contributed by atoms with Gasteiger partial charge in [-0.1, -0.05) is 37.6 Å². The number of aryl methyl sites for hydroxylation is 1. The molecule has 0 spiro atoms. The summed E-state index contributed by atoms with van der Waals surface area (Å²) in [6.07, 6.45) is 3.46. The summed E-state index contributed by atoms with van der Waals surface area (Å²) in [5, 5.41) is 15.8. The lowest BCUT2D eigenvalue weighted by Gasteiger charge is -2.07. The minimum absolute atomic E-state index is 0.412. The fourth-order valence-corrected chi connectivity index (χ4v) is 1.50. The van der Waals surface area contributed by atoms with Gasteiger partial charge in [0.2, 0.25) is 0 Å². The Labute approximate surface area is 103 Å². The molecule has 0 fully saturated rings. The average molecular weight is 238 g/mol. The third-order valence-electron chi connectivity index (χ3n) is 2.67. The van der Waals surface area contributed by atoms with Gasteiger partial charge in [-0.25, -0.2) is 0 Å². The number of carboxylic acid groups (broad SMARTS) is 1. The van der Waals surface area contributed by atoms with Crippen LogP contribution >= 0.6 is 0 Å². The summed E-state index contributed by atoms with van der Waals surface area (Å²) in [4.78, 5) is 10.8. The van der Waals surface area contributed by atoms with E-state index in [4.69, 9.17) is 10.2 Å². The number of unbranched alkanes of at least 4 members (excludes halogenated alkanes) is 1. The van der Waals surface area contributed by atoms with E-state index in [1.54, 1.807) is 6.92 Å². The van der Waals surface area contributed by atoms with Crippen LogP contribution in [0, 0.1) is 0 Å². The minimum atomic E-state index is -0.767. The molecule has 0 aliphatic carbocycles. The number of benzene rings is 1. The van der Waals surface area contributed by atoms with Crippen LogP contribution in [0.2, 0.25) is 0 Å². The Morgan fingerprint density at radius 2 is 1.76 bits per heavy atom. The SMILES string of the molecule is CCCCc1ccc(C(C)C(=O)O)cc1.CO. The van der Waals surface area contributed by atoms with E-state index in [1.807, 2.05) is 24.3 Å². The molecule has 0 aromatic heterocycles. The normalized spacial score (nSPS) is 11.3. The van der Waals surface area contributed by atoms with E-state index in [0.29, 0.717) is 0 Å². The van der Waals surface area contributed by atoms with E-state index in [1.165, 1.54) is 18.4 Å². The highest BCUT2D eigenvalue weighted by Gasteiger charge is 2.12. The summed E-state index contributed by atoms with van der Waals surface area (Å²) in [6, 6.07) is 7.91. The van der Waals surface area contributed by atoms with Crippen molar-refractivity contribution in [3.05, 3.63) is 35.4 Å². The second-order valence-corrected chi connectivity index (χ2v) is 3.91. The van der Waals surface area contributed by atoms with Gasteiger partial charge in [-0.2, -0.15) is 0 Å². The zero-order valence-electron chi connectivity index (χ0n) is 10.8. The lowest BCUT2D eigenvalue weighted by atomic mass is 9.99. The first-order valence-electron chi connectivity index (χ1n) is 5.91. The average Bonchev–Trinajstić information content (AvgIpc) is 2.38. The third kappa shape index (κ3) is 5.50. The van der Waals surface area contributed by atoms with E-state index in [0.717, 1.165) is 19.1 Å². The Balaban J connectivity index is 0.00000121. The summed E-state index contributed by atoms with van der Waals surface area (Å²) < 4.78 is 0. The molecule has 3 nitrogen and oxygen atoms in total. The number of aliphatic carboxylic acids is 1. The summed E-state index contributed by atoms with van der Waals surface area (Å²) in [5.74, 6) is -1.18. The monoisotopic (exact) mass is 238 g/mol.